The van der Waals surface area contributed by atoms with Crippen LogP contribution in [0.4, 0.5) is 8.78 Å². The Morgan fingerprint density at radius 3 is 1.19 bits per heavy atom. The molecule has 0 saturated heterocycles. The van der Waals surface area contributed by atoms with E-state index in [-0.39, 0.29) is 22.6 Å². The first-order valence-electron chi connectivity index (χ1n) is 19.0. The molecule has 4 aromatic rings. The molecule has 0 unspecified atom stereocenters. The van der Waals surface area contributed by atoms with Gasteiger partial charge in [0.1, 0.15) is 24.8 Å². The predicted molar refractivity (Wildman–Crippen MR) is 226 cm³/mol. The van der Waals surface area contributed by atoms with Crippen molar-refractivity contribution in [3.05, 3.63) is 141 Å². The van der Waals surface area contributed by atoms with Gasteiger partial charge in [-0.25, -0.2) is 35.2 Å². The summed E-state index contributed by atoms with van der Waals surface area (Å²) in [6, 6.07) is 20.8. The van der Waals surface area contributed by atoms with Crippen molar-refractivity contribution in [1.82, 2.24) is 0 Å². The van der Waals surface area contributed by atoms with Crippen LogP contribution in [0.1, 0.15) is 60.1 Å². The number of allylic oxidation sites excluding steroid dienone is 4. The molecular formula is C46H40F2O12S2. The second-order valence-electron chi connectivity index (χ2n) is 14.5. The molecule has 0 saturated carbocycles. The van der Waals surface area contributed by atoms with Gasteiger partial charge in [0, 0.05) is 12.5 Å². The number of hydrogen-bond donors (Lipinski definition) is 0. The molecule has 0 spiro atoms. The Labute approximate surface area is 357 Å². The highest BCUT2D eigenvalue weighted by Gasteiger charge is 2.28. The normalized spacial score (nSPS) is 14.8. The van der Waals surface area contributed by atoms with Crippen LogP contribution in [0, 0.1) is 11.6 Å². The highest BCUT2D eigenvalue weighted by atomic mass is 32.2. The molecule has 0 bridgehead atoms. The molecule has 0 atom stereocenters. The third kappa shape index (κ3) is 10.9. The summed E-state index contributed by atoms with van der Waals surface area (Å²) in [6.07, 6.45) is 5.22. The van der Waals surface area contributed by atoms with Crippen molar-refractivity contribution in [1.29, 1.82) is 0 Å². The first-order valence-corrected chi connectivity index (χ1v) is 22.7. The number of carbonyl (C=O) groups excluding carboxylic acids is 4. The first-order chi connectivity index (χ1) is 29.3. The van der Waals surface area contributed by atoms with E-state index in [1.54, 1.807) is 62.4 Å². The average Bonchev–Trinajstić information content (AvgIpc) is 3.61. The van der Waals surface area contributed by atoms with Gasteiger partial charge in [-0.2, -0.15) is 0 Å². The number of sulfone groups is 2. The fourth-order valence-corrected chi connectivity index (χ4v) is 8.24. The zero-order chi connectivity index (χ0) is 44.9. The lowest BCUT2D eigenvalue weighted by molar-refractivity contribution is -0.163. The van der Waals surface area contributed by atoms with Crippen molar-refractivity contribution in [2.24, 2.45) is 0 Å². The van der Waals surface area contributed by atoms with Gasteiger partial charge in [0.25, 0.3) is 0 Å². The number of halogens is 2. The van der Waals surface area contributed by atoms with E-state index in [0.29, 0.717) is 66.8 Å². The molecule has 6 rings (SSSR count). The van der Waals surface area contributed by atoms with E-state index in [0.717, 1.165) is 12.5 Å². The SMILES string of the molecule is CC1=C(CC(=O)OCC(=O)OCCOC(=O)COC(=O)CC2=C(C)C(=Cc3ccc(S(C)(=O)=O)cc3)c3ccc(F)cc32)c2cc(F)ccc2C1=Cc1ccc(S(C)(=O)=O)cc1. The molecule has 0 aliphatic heterocycles. The maximum atomic E-state index is 14.3. The lowest BCUT2D eigenvalue weighted by atomic mass is 10.0. The van der Waals surface area contributed by atoms with E-state index in [1.165, 1.54) is 48.5 Å². The molecular weight excluding hydrogens is 847 g/mol. The molecule has 62 heavy (non-hydrogen) atoms. The van der Waals surface area contributed by atoms with Crippen LogP contribution in [-0.4, -0.2) is 79.7 Å². The number of esters is 4. The van der Waals surface area contributed by atoms with Gasteiger partial charge >= 0.3 is 23.9 Å². The van der Waals surface area contributed by atoms with Crippen molar-refractivity contribution in [3.63, 3.8) is 0 Å². The molecule has 2 aliphatic carbocycles. The second kappa shape index (κ2) is 18.6. The summed E-state index contributed by atoms with van der Waals surface area (Å²) in [7, 11) is -6.78. The molecule has 16 heteroatoms. The van der Waals surface area contributed by atoms with Gasteiger partial charge in [-0.05, 0) is 141 Å². The minimum atomic E-state index is -3.39. The third-order valence-electron chi connectivity index (χ3n) is 10.1. The third-order valence-corrected chi connectivity index (χ3v) is 12.4. The number of ether oxygens (including phenoxy) is 4. The number of fused-ring (bicyclic) bond motifs is 2. The Morgan fingerprint density at radius 1 is 0.500 bits per heavy atom. The van der Waals surface area contributed by atoms with Gasteiger partial charge in [0.15, 0.2) is 32.9 Å². The number of benzene rings is 4. The Morgan fingerprint density at radius 2 is 0.855 bits per heavy atom. The second-order valence-corrected chi connectivity index (χ2v) is 18.5. The zero-order valence-corrected chi connectivity index (χ0v) is 35.6. The fourth-order valence-electron chi connectivity index (χ4n) is 6.98. The molecule has 0 heterocycles. The van der Waals surface area contributed by atoms with Gasteiger partial charge in [-0.3, -0.25) is 9.59 Å². The molecule has 0 amide bonds. The summed E-state index contributed by atoms with van der Waals surface area (Å²) in [5.74, 6) is -4.48. The molecule has 0 radical (unpaired) electrons. The maximum Gasteiger partial charge on any atom is 0.344 e. The predicted octanol–water partition coefficient (Wildman–Crippen LogP) is 7.08. The fraction of sp³-hybridized carbons (Fsp3) is 0.217. The summed E-state index contributed by atoms with van der Waals surface area (Å²) in [6.45, 7) is 1.21. The Hall–Kier alpha value is -6.52. The van der Waals surface area contributed by atoms with Gasteiger partial charge in [-0.1, -0.05) is 36.4 Å². The summed E-state index contributed by atoms with van der Waals surface area (Å²) in [5.41, 5.74) is 7.31. The quantitative estimate of drug-likeness (QED) is 0.0676. The van der Waals surface area contributed by atoms with E-state index in [1.807, 2.05) is 0 Å². The van der Waals surface area contributed by atoms with Crippen LogP contribution < -0.4 is 0 Å². The minimum absolute atomic E-state index is 0.157. The number of carbonyl (C=O) groups is 4. The standard InChI is InChI=1S/C46H40F2O12S2/c1-27-37(19-29-5-11-33(12-6-29)61(3,53)54)35-15-9-31(47)21-41(35)39(27)23-43(49)59-25-45(51)57-17-18-58-46(52)26-60-44(50)24-40-28(2)38(36-16-10-32(48)22-42(36)40)20-30-7-13-34(14-8-30)62(4,55)56/h5-16,19-22H,17-18,23-26H2,1-4H3. The topological polar surface area (TPSA) is 173 Å². The number of rotatable bonds is 15. The number of hydrogen-bond acceptors (Lipinski definition) is 12. The average molecular weight is 887 g/mol. The van der Waals surface area contributed by atoms with E-state index in [9.17, 15) is 44.8 Å². The van der Waals surface area contributed by atoms with Crippen molar-refractivity contribution >= 4 is 78.0 Å². The zero-order valence-electron chi connectivity index (χ0n) is 34.0. The van der Waals surface area contributed by atoms with Crippen LogP contribution in [0.3, 0.4) is 0 Å². The monoisotopic (exact) mass is 886 g/mol. The van der Waals surface area contributed by atoms with Crippen LogP contribution in [0.25, 0.3) is 34.4 Å². The summed E-state index contributed by atoms with van der Waals surface area (Å²) in [5, 5.41) is 0. The largest absolute Gasteiger partial charge is 0.460 e. The smallest absolute Gasteiger partial charge is 0.344 e. The Kier molecular flexibility index (Phi) is 13.5. The summed E-state index contributed by atoms with van der Waals surface area (Å²) in [4.78, 5) is 50.6. The Balaban J connectivity index is 0.959. The van der Waals surface area contributed by atoms with Crippen molar-refractivity contribution in [2.75, 3.05) is 38.9 Å². The van der Waals surface area contributed by atoms with E-state index >= 15 is 0 Å². The van der Waals surface area contributed by atoms with Crippen LogP contribution in [0.15, 0.2) is 106 Å². The molecule has 12 nitrogen and oxygen atoms in total. The maximum absolute atomic E-state index is 14.3. The molecule has 0 N–H and O–H groups in total. The molecule has 0 aromatic heterocycles. The van der Waals surface area contributed by atoms with Crippen molar-refractivity contribution in [3.8, 4) is 0 Å². The van der Waals surface area contributed by atoms with Crippen molar-refractivity contribution < 1.29 is 63.7 Å². The Bertz CT molecular complexity index is 2640. The lowest BCUT2D eigenvalue weighted by Crippen LogP contribution is -2.21. The van der Waals surface area contributed by atoms with Crippen LogP contribution in [0.2, 0.25) is 0 Å². The van der Waals surface area contributed by atoms with E-state index in [2.05, 4.69) is 0 Å². The van der Waals surface area contributed by atoms with Gasteiger partial charge in [0.2, 0.25) is 0 Å². The van der Waals surface area contributed by atoms with Gasteiger partial charge < -0.3 is 18.9 Å². The van der Waals surface area contributed by atoms with Gasteiger partial charge in [-0.15, -0.1) is 0 Å². The van der Waals surface area contributed by atoms with Crippen LogP contribution in [0.5, 0.6) is 0 Å². The molecule has 2 aliphatic rings. The van der Waals surface area contributed by atoms with Crippen LogP contribution in [-0.2, 0) is 57.8 Å². The molecule has 4 aromatic carbocycles. The molecule has 322 valence electrons. The van der Waals surface area contributed by atoms with Crippen LogP contribution >= 0.6 is 0 Å². The van der Waals surface area contributed by atoms with E-state index in [4.69, 9.17) is 18.9 Å². The van der Waals surface area contributed by atoms with E-state index < -0.39 is 81.6 Å². The first kappa shape index (κ1) is 45.0. The van der Waals surface area contributed by atoms with Crippen molar-refractivity contribution in [2.45, 2.75) is 36.5 Å². The lowest BCUT2D eigenvalue weighted by Gasteiger charge is -2.09. The highest BCUT2D eigenvalue weighted by Crippen LogP contribution is 2.45. The molecule has 0 fully saturated rings. The van der Waals surface area contributed by atoms with Gasteiger partial charge in [0.05, 0.1) is 22.6 Å². The highest BCUT2D eigenvalue weighted by molar-refractivity contribution is 7.91. The summed E-state index contributed by atoms with van der Waals surface area (Å²) >= 11 is 0. The minimum Gasteiger partial charge on any atom is -0.460 e. The summed E-state index contributed by atoms with van der Waals surface area (Å²) < 4.78 is 96.3.